The average Bonchev–Trinajstić information content (AvgIpc) is 2.42. The van der Waals surface area contributed by atoms with Crippen LogP contribution >= 0.6 is 31.9 Å². The fraction of sp³-hybridized carbons (Fsp3) is 0. The van der Waals surface area contributed by atoms with Crippen LogP contribution in [0, 0.1) is 0 Å². The molecule has 0 aliphatic rings. The highest BCUT2D eigenvalue weighted by Crippen LogP contribution is 2.26. The molecule has 0 spiro atoms. The van der Waals surface area contributed by atoms with Gasteiger partial charge >= 0.3 is 5.97 Å². The molecule has 0 heterocycles. The van der Waals surface area contributed by atoms with E-state index in [9.17, 15) is 9.59 Å². The van der Waals surface area contributed by atoms with E-state index in [4.69, 9.17) is 5.11 Å². The van der Waals surface area contributed by atoms with Crippen LogP contribution in [-0.2, 0) is 0 Å². The van der Waals surface area contributed by atoms with Crippen molar-refractivity contribution in [2.75, 3.05) is 5.32 Å². The van der Waals surface area contributed by atoms with Crippen molar-refractivity contribution >= 4 is 49.4 Å². The summed E-state index contributed by atoms with van der Waals surface area (Å²) in [4.78, 5) is 23.0. The number of anilines is 1. The van der Waals surface area contributed by atoms with E-state index in [-0.39, 0.29) is 11.5 Å². The smallest absolute Gasteiger partial charge is 0.335 e. The molecular weight excluding hydrogens is 390 g/mol. The number of rotatable bonds is 3. The summed E-state index contributed by atoms with van der Waals surface area (Å²) in [5.41, 5.74) is 0.978. The van der Waals surface area contributed by atoms with Crippen molar-refractivity contribution in [1.82, 2.24) is 0 Å². The van der Waals surface area contributed by atoms with Crippen molar-refractivity contribution in [3.8, 4) is 0 Å². The molecule has 4 nitrogen and oxygen atoms in total. The Morgan fingerprint density at radius 2 is 1.70 bits per heavy atom. The molecule has 2 N–H and O–H groups in total. The van der Waals surface area contributed by atoms with Gasteiger partial charge in [0.2, 0.25) is 0 Å². The normalized spacial score (nSPS) is 10.1. The number of halogens is 2. The van der Waals surface area contributed by atoms with Gasteiger partial charge in [-0.25, -0.2) is 4.79 Å². The predicted molar refractivity (Wildman–Crippen MR) is 83.2 cm³/mol. The quantitative estimate of drug-likeness (QED) is 0.815. The molecule has 6 heteroatoms. The van der Waals surface area contributed by atoms with Crippen molar-refractivity contribution in [2.45, 2.75) is 0 Å². The zero-order valence-electron chi connectivity index (χ0n) is 10.1. The molecule has 0 aromatic heterocycles. The van der Waals surface area contributed by atoms with Gasteiger partial charge in [-0.1, -0.05) is 22.0 Å². The van der Waals surface area contributed by atoms with Gasteiger partial charge < -0.3 is 10.4 Å². The summed E-state index contributed by atoms with van der Waals surface area (Å²) in [7, 11) is 0. The first-order chi connectivity index (χ1) is 9.47. The Morgan fingerprint density at radius 3 is 2.35 bits per heavy atom. The van der Waals surface area contributed by atoms with Gasteiger partial charge in [0, 0.05) is 14.5 Å². The van der Waals surface area contributed by atoms with Crippen LogP contribution in [0.15, 0.2) is 51.4 Å². The van der Waals surface area contributed by atoms with Crippen LogP contribution < -0.4 is 5.32 Å². The third kappa shape index (κ3) is 3.46. The molecular formula is C14H9Br2NO3. The molecule has 0 unspecified atom stereocenters. The monoisotopic (exact) mass is 397 g/mol. The van der Waals surface area contributed by atoms with E-state index in [2.05, 4.69) is 37.2 Å². The Bertz CT molecular complexity index is 686. The first-order valence-corrected chi connectivity index (χ1v) is 7.16. The van der Waals surface area contributed by atoms with E-state index in [1.807, 2.05) is 6.07 Å². The molecule has 2 aromatic carbocycles. The lowest BCUT2D eigenvalue weighted by atomic mass is 10.1. The average molecular weight is 399 g/mol. The van der Waals surface area contributed by atoms with Gasteiger partial charge in [0.05, 0.1) is 11.3 Å². The maximum Gasteiger partial charge on any atom is 0.335 e. The van der Waals surface area contributed by atoms with Crippen LogP contribution in [0.1, 0.15) is 20.7 Å². The zero-order valence-corrected chi connectivity index (χ0v) is 13.2. The SMILES string of the molecule is O=C(O)c1cccc(C(=O)Nc2ccc(Br)cc2Br)c1. The molecule has 2 rings (SSSR count). The van der Waals surface area contributed by atoms with Crippen LogP contribution in [0.2, 0.25) is 0 Å². The van der Waals surface area contributed by atoms with Crippen molar-refractivity contribution in [3.05, 3.63) is 62.5 Å². The largest absolute Gasteiger partial charge is 0.478 e. The van der Waals surface area contributed by atoms with Gasteiger partial charge in [-0.05, 0) is 52.3 Å². The number of hydrogen-bond acceptors (Lipinski definition) is 2. The Kier molecular flexibility index (Phi) is 4.57. The second-order valence-corrected chi connectivity index (χ2v) is 5.73. The lowest BCUT2D eigenvalue weighted by Crippen LogP contribution is -2.13. The standard InChI is InChI=1S/C14H9Br2NO3/c15-10-4-5-12(11(16)7-10)17-13(18)8-2-1-3-9(6-8)14(19)20/h1-7H,(H,17,18)(H,19,20). The Labute approximate surface area is 132 Å². The fourth-order valence-corrected chi connectivity index (χ4v) is 2.72. The molecule has 0 fully saturated rings. The molecule has 0 saturated heterocycles. The number of carboxylic acid groups (broad SMARTS) is 1. The highest BCUT2D eigenvalue weighted by atomic mass is 79.9. The Morgan fingerprint density at radius 1 is 1.00 bits per heavy atom. The van der Waals surface area contributed by atoms with Gasteiger partial charge in [-0.2, -0.15) is 0 Å². The lowest BCUT2D eigenvalue weighted by molar-refractivity contribution is 0.0697. The van der Waals surface area contributed by atoms with Crippen molar-refractivity contribution in [3.63, 3.8) is 0 Å². The van der Waals surface area contributed by atoms with Crippen LogP contribution in [0.4, 0.5) is 5.69 Å². The second-order valence-electron chi connectivity index (χ2n) is 3.96. The van der Waals surface area contributed by atoms with Gasteiger partial charge in [0.15, 0.2) is 0 Å². The maximum absolute atomic E-state index is 12.1. The van der Waals surface area contributed by atoms with E-state index < -0.39 is 5.97 Å². The third-order valence-corrected chi connectivity index (χ3v) is 3.70. The molecule has 0 atom stereocenters. The molecule has 102 valence electrons. The fourth-order valence-electron chi connectivity index (χ4n) is 1.58. The van der Waals surface area contributed by atoms with E-state index in [1.165, 1.54) is 18.2 Å². The number of carbonyl (C=O) groups excluding carboxylic acids is 1. The van der Waals surface area contributed by atoms with Crippen LogP contribution in [0.25, 0.3) is 0 Å². The summed E-state index contributed by atoms with van der Waals surface area (Å²) in [6.07, 6.45) is 0. The second kappa shape index (κ2) is 6.19. The number of carbonyl (C=O) groups is 2. The minimum Gasteiger partial charge on any atom is -0.478 e. The number of aromatic carboxylic acids is 1. The highest BCUT2D eigenvalue weighted by Gasteiger charge is 2.11. The van der Waals surface area contributed by atoms with Gasteiger partial charge in [-0.15, -0.1) is 0 Å². The molecule has 0 radical (unpaired) electrons. The first-order valence-electron chi connectivity index (χ1n) is 5.57. The van der Waals surface area contributed by atoms with Crippen LogP contribution in [-0.4, -0.2) is 17.0 Å². The van der Waals surface area contributed by atoms with E-state index in [0.717, 1.165) is 8.95 Å². The van der Waals surface area contributed by atoms with Gasteiger partial charge in [0.25, 0.3) is 5.91 Å². The van der Waals surface area contributed by atoms with E-state index in [0.29, 0.717) is 11.3 Å². The molecule has 20 heavy (non-hydrogen) atoms. The molecule has 0 aliphatic heterocycles. The molecule has 2 aromatic rings. The maximum atomic E-state index is 12.1. The summed E-state index contributed by atoms with van der Waals surface area (Å²) in [5, 5.41) is 11.6. The topological polar surface area (TPSA) is 66.4 Å². The molecule has 0 bridgehead atoms. The van der Waals surface area contributed by atoms with Crippen LogP contribution in [0.3, 0.4) is 0 Å². The number of benzene rings is 2. The van der Waals surface area contributed by atoms with Crippen molar-refractivity contribution in [2.24, 2.45) is 0 Å². The Balaban J connectivity index is 2.24. The molecule has 0 aliphatic carbocycles. The summed E-state index contributed by atoms with van der Waals surface area (Å²) in [6, 6.07) is 11.2. The number of nitrogens with one attached hydrogen (secondary N) is 1. The first kappa shape index (κ1) is 14.7. The number of hydrogen-bond donors (Lipinski definition) is 2. The van der Waals surface area contributed by atoms with Crippen molar-refractivity contribution < 1.29 is 14.7 Å². The molecule has 0 saturated carbocycles. The number of carboxylic acids is 1. The Hall–Kier alpha value is -1.66. The van der Waals surface area contributed by atoms with Crippen molar-refractivity contribution in [1.29, 1.82) is 0 Å². The number of amides is 1. The minimum absolute atomic E-state index is 0.0764. The van der Waals surface area contributed by atoms with E-state index in [1.54, 1.807) is 18.2 Å². The van der Waals surface area contributed by atoms with Crippen LogP contribution in [0.5, 0.6) is 0 Å². The lowest BCUT2D eigenvalue weighted by Gasteiger charge is -2.08. The predicted octanol–water partition coefficient (Wildman–Crippen LogP) is 4.16. The zero-order chi connectivity index (χ0) is 14.7. The summed E-state index contributed by atoms with van der Waals surface area (Å²) in [6.45, 7) is 0. The third-order valence-electron chi connectivity index (χ3n) is 2.55. The minimum atomic E-state index is -1.07. The highest BCUT2D eigenvalue weighted by molar-refractivity contribution is 9.11. The summed E-state index contributed by atoms with van der Waals surface area (Å²) in [5.74, 6) is -1.43. The van der Waals surface area contributed by atoms with Gasteiger partial charge in [0.1, 0.15) is 0 Å². The summed E-state index contributed by atoms with van der Waals surface area (Å²) < 4.78 is 1.62. The summed E-state index contributed by atoms with van der Waals surface area (Å²) >= 11 is 6.67. The van der Waals surface area contributed by atoms with E-state index >= 15 is 0 Å². The van der Waals surface area contributed by atoms with Gasteiger partial charge in [-0.3, -0.25) is 4.79 Å². The molecule has 1 amide bonds.